The maximum atomic E-state index is 13.2. The molecule has 2 amide bonds. The van der Waals surface area contributed by atoms with Crippen LogP contribution in [0.4, 0.5) is 17.1 Å². The molecule has 0 fully saturated rings. The summed E-state index contributed by atoms with van der Waals surface area (Å²) in [7, 11) is -3.90. The summed E-state index contributed by atoms with van der Waals surface area (Å²) in [6.07, 6.45) is 0.606. The normalized spacial score (nSPS) is 16.1. The van der Waals surface area contributed by atoms with Crippen molar-refractivity contribution in [1.82, 2.24) is 0 Å². The van der Waals surface area contributed by atoms with Crippen LogP contribution in [0.2, 0.25) is 0 Å². The summed E-state index contributed by atoms with van der Waals surface area (Å²) in [6.45, 7) is 1.77. The molecule has 0 saturated carbocycles. The first-order chi connectivity index (χ1) is 12.4. The Hall–Kier alpha value is -2.87. The molecule has 2 heterocycles. The third kappa shape index (κ3) is 2.53. The van der Waals surface area contributed by atoms with E-state index in [-0.39, 0.29) is 23.3 Å². The highest BCUT2D eigenvalue weighted by Crippen LogP contribution is 2.35. The standard InChI is InChI=1S/C18H17N3O4S/c1-12(22)20-9-8-13-10-14(6-7-16(13)20)26(24,25)21-11-18(23)19-15-4-2-3-5-17(15)21/h2-7,10H,8-9,11H2,1H3,(H,19,23). The molecule has 0 atom stereocenters. The highest BCUT2D eigenvalue weighted by Gasteiger charge is 2.33. The van der Waals surface area contributed by atoms with Crippen molar-refractivity contribution >= 4 is 38.9 Å². The number of amides is 2. The number of hydrogen-bond donors (Lipinski definition) is 1. The zero-order valence-electron chi connectivity index (χ0n) is 14.1. The van der Waals surface area contributed by atoms with Gasteiger partial charge in [0.25, 0.3) is 10.0 Å². The fraction of sp³-hybridized carbons (Fsp3) is 0.222. The van der Waals surface area contributed by atoms with Gasteiger partial charge in [0.05, 0.1) is 16.3 Å². The van der Waals surface area contributed by atoms with Gasteiger partial charge in [-0.15, -0.1) is 0 Å². The lowest BCUT2D eigenvalue weighted by atomic mass is 10.2. The maximum absolute atomic E-state index is 13.2. The van der Waals surface area contributed by atoms with E-state index in [1.165, 1.54) is 13.0 Å². The quantitative estimate of drug-likeness (QED) is 0.871. The summed E-state index contributed by atoms with van der Waals surface area (Å²) in [5.74, 6) is -0.447. The molecule has 0 bridgehead atoms. The summed E-state index contributed by atoms with van der Waals surface area (Å²) in [5, 5.41) is 2.68. The second-order valence-electron chi connectivity index (χ2n) is 6.29. The predicted molar refractivity (Wildman–Crippen MR) is 97.8 cm³/mol. The molecule has 0 spiro atoms. The van der Waals surface area contributed by atoms with Crippen molar-refractivity contribution in [2.75, 3.05) is 27.6 Å². The molecule has 8 heteroatoms. The van der Waals surface area contributed by atoms with Crippen molar-refractivity contribution in [1.29, 1.82) is 0 Å². The van der Waals surface area contributed by atoms with Gasteiger partial charge in [-0.05, 0) is 42.3 Å². The van der Waals surface area contributed by atoms with Gasteiger partial charge in [0.2, 0.25) is 11.8 Å². The number of carbonyl (C=O) groups is 2. The van der Waals surface area contributed by atoms with Gasteiger partial charge in [0.15, 0.2) is 0 Å². The Morgan fingerprint density at radius 1 is 1.12 bits per heavy atom. The van der Waals surface area contributed by atoms with E-state index in [0.717, 1.165) is 15.6 Å². The monoisotopic (exact) mass is 371 g/mol. The predicted octanol–water partition coefficient (Wildman–Crippen LogP) is 1.74. The number of benzene rings is 2. The molecule has 7 nitrogen and oxygen atoms in total. The van der Waals surface area contributed by atoms with Crippen molar-refractivity contribution in [3.8, 4) is 0 Å². The summed E-state index contributed by atoms with van der Waals surface area (Å²) in [6, 6.07) is 11.5. The molecule has 0 saturated heterocycles. The molecular formula is C18H17N3O4S. The molecule has 134 valence electrons. The van der Waals surface area contributed by atoms with E-state index in [0.29, 0.717) is 24.3 Å². The maximum Gasteiger partial charge on any atom is 0.264 e. The number of fused-ring (bicyclic) bond motifs is 2. The number of hydrogen-bond acceptors (Lipinski definition) is 4. The average molecular weight is 371 g/mol. The Morgan fingerprint density at radius 3 is 2.65 bits per heavy atom. The number of anilines is 3. The van der Waals surface area contributed by atoms with Crippen LogP contribution in [0.25, 0.3) is 0 Å². The van der Waals surface area contributed by atoms with Gasteiger partial charge >= 0.3 is 0 Å². The van der Waals surface area contributed by atoms with Crippen LogP contribution in [-0.2, 0) is 26.0 Å². The number of carbonyl (C=O) groups excluding carboxylic acids is 2. The highest BCUT2D eigenvalue weighted by molar-refractivity contribution is 7.92. The highest BCUT2D eigenvalue weighted by atomic mass is 32.2. The Morgan fingerprint density at radius 2 is 1.88 bits per heavy atom. The fourth-order valence-corrected chi connectivity index (χ4v) is 4.90. The van der Waals surface area contributed by atoms with Gasteiger partial charge < -0.3 is 10.2 Å². The third-order valence-corrected chi connectivity index (χ3v) is 6.40. The number of para-hydroxylation sites is 2. The van der Waals surface area contributed by atoms with Crippen molar-refractivity contribution in [3.63, 3.8) is 0 Å². The van der Waals surface area contributed by atoms with E-state index in [2.05, 4.69) is 5.32 Å². The van der Waals surface area contributed by atoms with Gasteiger partial charge in [0, 0.05) is 19.2 Å². The van der Waals surface area contributed by atoms with Gasteiger partial charge in [-0.2, -0.15) is 0 Å². The van der Waals surface area contributed by atoms with E-state index in [1.54, 1.807) is 41.3 Å². The minimum Gasteiger partial charge on any atom is -0.323 e. The minimum absolute atomic E-state index is 0.0685. The first-order valence-electron chi connectivity index (χ1n) is 8.20. The molecule has 26 heavy (non-hydrogen) atoms. The summed E-state index contributed by atoms with van der Waals surface area (Å²) in [5.41, 5.74) is 2.47. The summed E-state index contributed by atoms with van der Waals surface area (Å²) < 4.78 is 27.5. The van der Waals surface area contributed by atoms with E-state index in [9.17, 15) is 18.0 Å². The van der Waals surface area contributed by atoms with Crippen LogP contribution in [0.15, 0.2) is 47.4 Å². The molecule has 4 rings (SSSR count). The molecule has 2 aromatic carbocycles. The van der Waals surface area contributed by atoms with Gasteiger partial charge in [-0.25, -0.2) is 8.42 Å². The van der Waals surface area contributed by atoms with E-state index in [1.807, 2.05) is 0 Å². The Bertz CT molecular complexity index is 1030. The average Bonchev–Trinajstić information content (AvgIpc) is 3.04. The summed E-state index contributed by atoms with van der Waals surface area (Å²) >= 11 is 0. The fourth-order valence-electron chi connectivity index (χ4n) is 3.41. The lowest BCUT2D eigenvalue weighted by molar-refractivity contribution is -0.116. The van der Waals surface area contributed by atoms with Crippen molar-refractivity contribution in [3.05, 3.63) is 48.0 Å². The smallest absolute Gasteiger partial charge is 0.264 e. The molecule has 0 aliphatic carbocycles. The van der Waals surface area contributed by atoms with Crippen LogP contribution in [-0.4, -0.2) is 33.3 Å². The zero-order chi connectivity index (χ0) is 18.5. The summed E-state index contributed by atoms with van der Waals surface area (Å²) in [4.78, 5) is 25.4. The first-order valence-corrected chi connectivity index (χ1v) is 9.64. The number of nitrogens with zero attached hydrogens (tertiary/aromatic N) is 2. The van der Waals surface area contributed by atoms with Crippen LogP contribution in [0.1, 0.15) is 12.5 Å². The second-order valence-corrected chi connectivity index (χ2v) is 8.15. The van der Waals surface area contributed by atoms with E-state index < -0.39 is 10.0 Å². The van der Waals surface area contributed by atoms with Gasteiger partial charge in [-0.1, -0.05) is 12.1 Å². The first kappa shape index (κ1) is 16.6. The largest absolute Gasteiger partial charge is 0.323 e. The lowest BCUT2D eigenvalue weighted by Crippen LogP contribution is -2.42. The minimum atomic E-state index is -3.90. The number of sulfonamides is 1. The Labute approximate surface area is 151 Å². The zero-order valence-corrected chi connectivity index (χ0v) is 14.9. The third-order valence-electron chi connectivity index (χ3n) is 4.65. The van der Waals surface area contributed by atoms with E-state index >= 15 is 0 Å². The van der Waals surface area contributed by atoms with Crippen LogP contribution in [0.3, 0.4) is 0 Å². The van der Waals surface area contributed by atoms with Crippen LogP contribution < -0.4 is 14.5 Å². The van der Waals surface area contributed by atoms with Crippen molar-refractivity contribution in [2.24, 2.45) is 0 Å². The Kier molecular flexibility index (Phi) is 3.73. The molecule has 2 aliphatic heterocycles. The van der Waals surface area contributed by atoms with Gasteiger partial charge in [-0.3, -0.25) is 13.9 Å². The Balaban J connectivity index is 1.77. The lowest BCUT2D eigenvalue weighted by Gasteiger charge is -2.30. The van der Waals surface area contributed by atoms with Gasteiger partial charge in [0.1, 0.15) is 6.54 Å². The van der Waals surface area contributed by atoms with Crippen molar-refractivity contribution in [2.45, 2.75) is 18.2 Å². The van der Waals surface area contributed by atoms with Crippen LogP contribution >= 0.6 is 0 Å². The van der Waals surface area contributed by atoms with Crippen LogP contribution in [0.5, 0.6) is 0 Å². The number of nitrogens with one attached hydrogen (secondary N) is 1. The SMILES string of the molecule is CC(=O)N1CCc2cc(S(=O)(=O)N3CC(=O)Nc4ccccc43)ccc21. The molecule has 0 aromatic heterocycles. The second kappa shape index (κ2) is 5.84. The molecular weight excluding hydrogens is 354 g/mol. The molecule has 2 aliphatic rings. The number of rotatable bonds is 2. The topological polar surface area (TPSA) is 86.8 Å². The van der Waals surface area contributed by atoms with Crippen molar-refractivity contribution < 1.29 is 18.0 Å². The molecule has 0 radical (unpaired) electrons. The molecule has 1 N–H and O–H groups in total. The van der Waals surface area contributed by atoms with Crippen LogP contribution in [0, 0.1) is 0 Å². The molecule has 2 aromatic rings. The molecule has 0 unspecified atom stereocenters. The van der Waals surface area contributed by atoms with E-state index in [4.69, 9.17) is 0 Å².